The summed E-state index contributed by atoms with van der Waals surface area (Å²) in [5.41, 5.74) is 6.86. The summed E-state index contributed by atoms with van der Waals surface area (Å²) in [6.07, 6.45) is 16.8. The Morgan fingerprint density at radius 1 is 0.905 bits per heavy atom. The number of nitrogens with one attached hydrogen (secondary N) is 1. The summed E-state index contributed by atoms with van der Waals surface area (Å²) in [6, 6.07) is 22.2. The van der Waals surface area contributed by atoms with Gasteiger partial charge in [-0.1, -0.05) is 126 Å². The molecule has 1 N–H and O–H groups in total. The van der Waals surface area contributed by atoms with Gasteiger partial charge in [-0.25, -0.2) is 4.99 Å². The molecule has 0 fully saturated rings. The highest BCUT2D eigenvalue weighted by Crippen LogP contribution is 2.50. The smallest absolute Gasteiger partial charge is 0.162 e. The van der Waals surface area contributed by atoms with E-state index in [2.05, 4.69) is 163 Å². The fourth-order valence-corrected chi connectivity index (χ4v) is 6.18. The van der Waals surface area contributed by atoms with Crippen LogP contribution in [-0.2, 0) is 5.41 Å². The SMILES string of the molecule is CCC[NH+]=C/C=c1/cccc/c1=C(/C)C(C)(C)C/C=C/C(C)=C/C=C1/N(CCC)c2ccc3ccccc3c2C1(C)C. The second kappa shape index (κ2) is 13.6. The van der Waals surface area contributed by atoms with Gasteiger partial charge < -0.3 is 4.90 Å². The lowest BCUT2D eigenvalue weighted by molar-refractivity contribution is -0.450. The highest BCUT2D eigenvalue weighted by molar-refractivity contribution is 5.95. The summed E-state index contributed by atoms with van der Waals surface area (Å²) < 4.78 is 0. The number of hydrogen-bond acceptors (Lipinski definition) is 1. The zero-order valence-electron chi connectivity index (χ0n) is 27.2. The molecule has 0 spiro atoms. The first-order valence-corrected chi connectivity index (χ1v) is 15.8. The van der Waals surface area contributed by atoms with Crippen LogP contribution in [0, 0.1) is 5.41 Å². The van der Waals surface area contributed by atoms with Crippen molar-refractivity contribution < 1.29 is 4.99 Å². The minimum absolute atomic E-state index is 0.0457. The third-order valence-electron chi connectivity index (χ3n) is 8.87. The van der Waals surface area contributed by atoms with Crippen LogP contribution in [0.5, 0.6) is 0 Å². The Balaban J connectivity index is 1.59. The van der Waals surface area contributed by atoms with Crippen LogP contribution in [0.15, 0.2) is 96.2 Å². The molecule has 1 aliphatic heterocycles. The summed E-state index contributed by atoms with van der Waals surface area (Å²) in [5.74, 6) is 0. The number of fused-ring (bicyclic) bond motifs is 3. The molecule has 0 amide bonds. The predicted molar refractivity (Wildman–Crippen MR) is 185 cm³/mol. The second-order valence-electron chi connectivity index (χ2n) is 12.9. The van der Waals surface area contributed by atoms with Crippen molar-refractivity contribution in [2.24, 2.45) is 5.41 Å². The molecule has 0 saturated heterocycles. The van der Waals surface area contributed by atoms with Gasteiger partial charge in [0.25, 0.3) is 0 Å². The molecule has 1 heterocycles. The third-order valence-corrected chi connectivity index (χ3v) is 8.87. The van der Waals surface area contributed by atoms with Crippen LogP contribution in [0.1, 0.15) is 80.2 Å². The summed E-state index contributed by atoms with van der Waals surface area (Å²) >= 11 is 0. The van der Waals surface area contributed by atoms with Crippen LogP contribution in [0.3, 0.4) is 0 Å². The Labute approximate surface area is 254 Å². The van der Waals surface area contributed by atoms with Crippen molar-refractivity contribution in [3.63, 3.8) is 0 Å². The van der Waals surface area contributed by atoms with Gasteiger partial charge in [0.05, 0.1) is 0 Å². The van der Waals surface area contributed by atoms with Crippen LogP contribution in [-0.4, -0.2) is 19.3 Å². The highest BCUT2D eigenvalue weighted by Gasteiger charge is 2.40. The third kappa shape index (κ3) is 6.70. The molecule has 220 valence electrons. The maximum Gasteiger partial charge on any atom is 0.162 e. The average Bonchev–Trinajstić information content (AvgIpc) is 3.19. The van der Waals surface area contributed by atoms with Crippen LogP contribution in [0.4, 0.5) is 5.69 Å². The maximum absolute atomic E-state index is 3.38. The van der Waals surface area contributed by atoms with E-state index in [0.29, 0.717) is 0 Å². The molecule has 0 aromatic heterocycles. The molecular weight excluding hydrogens is 508 g/mol. The van der Waals surface area contributed by atoms with Gasteiger partial charge in [-0.3, -0.25) is 0 Å². The van der Waals surface area contributed by atoms with Crippen molar-refractivity contribution in [2.45, 2.75) is 80.1 Å². The molecule has 2 nitrogen and oxygen atoms in total. The summed E-state index contributed by atoms with van der Waals surface area (Å²) in [7, 11) is 0. The first-order chi connectivity index (χ1) is 20.1. The van der Waals surface area contributed by atoms with Crippen LogP contribution >= 0.6 is 0 Å². The number of nitrogens with zero attached hydrogens (tertiary/aromatic N) is 1. The van der Waals surface area contributed by atoms with Gasteiger partial charge in [0, 0.05) is 35.8 Å². The minimum atomic E-state index is -0.0617. The van der Waals surface area contributed by atoms with E-state index in [1.807, 2.05) is 0 Å². The van der Waals surface area contributed by atoms with E-state index < -0.39 is 0 Å². The molecule has 0 radical (unpaired) electrons. The molecule has 1 aliphatic rings. The van der Waals surface area contributed by atoms with Crippen molar-refractivity contribution in [1.82, 2.24) is 0 Å². The number of rotatable bonds is 10. The Morgan fingerprint density at radius 2 is 1.64 bits per heavy atom. The molecule has 3 aromatic rings. The molecule has 4 rings (SSSR count). The monoisotopic (exact) mass is 559 g/mol. The molecule has 0 atom stereocenters. The number of allylic oxidation sites excluding steroid dienone is 6. The standard InChI is InChI=1S/C40H50N2/c1-9-27-41-28-25-33-18-11-13-19-34(33)31(4)39(5,6)26-15-16-30(3)21-24-37-40(7,8)38-35-20-14-12-17-32(35)22-23-36(38)42(37)29-10-2/h11-25,28H,9-10,26-27,29H2,1-8H3/p+1/b16-15+,30-21+,33-25-,34-31+,37-24+,41-28?. The Hall–Kier alpha value is -3.65. The van der Waals surface area contributed by atoms with E-state index in [-0.39, 0.29) is 10.8 Å². The largest absolute Gasteiger partial charge is 0.344 e. The van der Waals surface area contributed by atoms with Crippen molar-refractivity contribution >= 4 is 34.3 Å². The zero-order chi connectivity index (χ0) is 30.3. The molecule has 3 aromatic carbocycles. The average molecular weight is 560 g/mol. The normalized spacial score (nSPS) is 17.7. The number of anilines is 1. The molecule has 0 unspecified atom stereocenters. The molecule has 42 heavy (non-hydrogen) atoms. The Morgan fingerprint density at radius 3 is 2.40 bits per heavy atom. The van der Waals surface area contributed by atoms with Gasteiger partial charge in [0.15, 0.2) is 6.21 Å². The lowest BCUT2D eigenvalue weighted by atomic mass is 9.80. The van der Waals surface area contributed by atoms with Crippen LogP contribution < -0.4 is 20.3 Å². The molecule has 0 bridgehead atoms. The van der Waals surface area contributed by atoms with E-state index in [1.165, 1.54) is 49.3 Å². The lowest BCUT2D eigenvalue weighted by Crippen LogP contribution is -2.68. The first-order valence-electron chi connectivity index (χ1n) is 15.8. The first kappa shape index (κ1) is 31.3. The van der Waals surface area contributed by atoms with Crippen molar-refractivity contribution in [3.8, 4) is 0 Å². The highest BCUT2D eigenvalue weighted by atomic mass is 15.2. The van der Waals surface area contributed by atoms with Gasteiger partial charge in [-0.2, -0.15) is 0 Å². The van der Waals surface area contributed by atoms with Crippen molar-refractivity contribution in [1.29, 1.82) is 0 Å². The second-order valence-corrected chi connectivity index (χ2v) is 12.9. The molecular formula is C40H51N2+. The van der Waals surface area contributed by atoms with E-state index in [0.717, 1.165) is 32.4 Å². The summed E-state index contributed by atoms with van der Waals surface area (Å²) in [4.78, 5) is 5.92. The predicted octanol–water partition coefficient (Wildman–Crippen LogP) is 7.36. The van der Waals surface area contributed by atoms with Crippen molar-refractivity contribution in [3.05, 3.63) is 112 Å². The van der Waals surface area contributed by atoms with Crippen LogP contribution in [0.2, 0.25) is 0 Å². The lowest BCUT2D eigenvalue weighted by Gasteiger charge is -2.27. The van der Waals surface area contributed by atoms with Gasteiger partial charge in [-0.15, -0.1) is 0 Å². The van der Waals surface area contributed by atoms with E-state index in [4.69, 9.17) is 0 Å². The summed E-state index contributed by atoms with van der Waals surface area (Å²) in [6.45, 7) is 20.5. The fourth-order valence-electron chi connectivity index (χ4n) is 6.18. The van der Waals surface area contributed by atoms with E-state index in [1.54, 1.807) is 0 Å². The summed E-state index contributed by atoms with van der Waals surface area (Å²) in [5, 5.41) is 5.28. The maximum atomic E-state index is 3.38. The van der Waals surface area contributed by atoms with E-state index >= 15 is 0 Å². The zero-order valence-corrected chi connectivity index (χ0v) is 27.2. The van der Waals surface area contributed by atoms with Crippen molar-refractivity contribution in [2.75, 3.05) is 18.0 Å². The Kier molecular flexibility index (Phi) is 10.1. The number of benzene rings is 3. The van der Waals surface area contributed by atoms with Crippen LogP contribution in [0.25, 0.3) is 22.4 Å². The Bertz CT molecular complexity index is 1640. The van der Waals surface area contributed by atoms with Gasteiger partial charge in [0.2, 0.25) is 0 Å². The van der Waals surface area contributed by atoms with Gasteiger partial charge >= 0.3 is 0 Å². The number of hydrogen-bond donors (Lipinski definition) is 1. The fraction of sp³-hybridized carbons (Fsp3) is 0.375. The quantitative estimate of drug-likeness (QED) is 0.203. The molecule has 0 saturated carbocycles. The molecule has 0 aliphatic carbocycles. The van der Waals surface area contributed by atoms with Gasteiger partial charge in [0.1, 0.15) is 6.54 Å². The van der Waals surface area contributed by atoms with Gasteiger partial charge in [-0.05, 0) is 71.0 Å². The minimum Gasteiger partial charge on any atom is -0.344 e. The van der Waals surface area contributed by atoms with E-state index in [9.17, 15) is 0 Å². The molecule has 2 heteroatoms. The topological polar surface area (TPSA) is 17.2 Å².